The van der Waals surface area contributed by atoms with Crippen molar-refractivity contribution in [3.8, 4) is 0 Å². The van der Waals surface area contributed by atoms with Crippen molar-refractivity contribution in [2.24, 2.45) is 5.92 Å². The Kier molecular flexibility index (Phi) is 4.74. The zero-order chi connectivity index (χ0) is 14.9. The molecular formula is C14H21F3N2S. The molecule has 0 spiro atoms. The summed E-state index contributed by atoms with van der Waals surface area (Å²) in [6, 6.07) is 0.346. The van der Waals surface area contributed by atoms with Crippen LogP contribution in [0.2, 0.25) is 0 Å². The molecule has 1 aromatic rings. The van der Waals surface area contributed by atoms with E-state index in [0.29, 0.717) is 12.8 Å². The molecule has 6 heteroatoms. The average molecular weight is 306 g/mol. The van der Waals surface area contributed by atoms with E-state index >= 15 is 0 Å². The number of nitrogens with zero attached hydrogens (tertiary/aromatic N) is 1. The molecule has 1 aromatic heterocycles. The minimum Gasteiger partial charge on any atom is -0.307 e. The maximum Gasteiger partial charge on any atom is 0.391 e. The van der Waals surface area contributed by atoms with Crippen LogP contribution in [0.1, 0.15) is 54.2 Å². The zero-order valence-corrected chi connectivity index (χ0v) is 12.9. The van der Waals surface area contributed by atoms with Crippen molar-refractivity contribution in [3.63, 3.8) is 0 Å². The van der Waals surface area contributed by atoms with Crippen LogP contribution in [0.25, 0.3) is 0 Å². The summed E-state index contributed by atoms with van der Waals surface area (Å²) in [5.74, 6) is -1.11. The zero-order valence-electron chi connectivity index (χ0n) is 12.0. The van der Waals surface area contributed by atoms with Gasteiger partial charge in [-0.2, -0.15) is 13.2 Å². The number of hydrogen-bond donors (Lipinski definition) is 1. The Morgan fingerprint density at radius 2 is 1.80 bits per heavy atom. The molecule has 1 atom stereocenters. The summed E-state index contributed by atoms with van der Waals surface area (Å²) in [4.78, 5) is 5.59. The molecule has 1 heterocycles. The third-order valence-corrected chi connectivity index (χ3v) is 5.26. The van der Waals surface area contributed by atoms with Crippen LogP contribution in [0.15, 0.2) is 0 Å². The maximum absolute atomic E-state index is 12.6. The number of nitrogens with one attached hydrogen (secondary N) is 1. The molecule has 1 saturated carbocycles. The van der Waals surface area contributed by atoms with Crippen LogP contribution in [0, 0.1) is 19.8 Å². The third kappa shape index (κ3) is 3.73. The summed E-state index contributed by atoms with van der Waals surface area (Å²) >= 11 is 1.66. The Bertz CT molecular complexity index is 448. The van der Waals surface area contributed by atoms with E-state index in [4.69, 9.17) is 0 Å². The second kappa shape index (κ2) is 6.02. The molecule has 1 aliphatic rings. The molecule has 2 nitrogen and oxygen atoms in total. The summed E-state index contributed by atoms with van der Waals surface area (Å²) in [6.45, 7) is 6.02. The molecular weight excluding hydrogens is 285 g/mol. The van der Waals surface area contributed by atoms with Crippen molar-refractivity contribution in [1.29, 1.82) is 0 Å². The first-order valence-electron chi connectivity index (χ1n) is 7.04. The van der Waals surface area contributed by atoms with Crippen molar-refractivity contribution in [3.05, 3.63) is 15.6 Å². The van der Waals surface area contributed by atoms with E-state index in [9.17, 15) is 13.2 Å². The molecule has 0 radical (unpaired) electrons. The highest BCUT2D eigenvalue weighted by molar-refractivity contribution is 7.11. The van der Waals surface area contributed by atoms with E-state index in [2.05, 4.69) is 17.2 Å². The van der Waals surface area contributed by atoms with Crippen LogP contribution in [0.3, 0.4) is 0 Å². The van der Waals surface area contributed by atoms with Gasteiger partial charge in [-0.1, -0.05) is 0 Å². The van der Waals surface area contributed by atoms with Gasteiger partial charge in [-0.3, -0.25) is 0 Å². The van der Waals surface area contributed by atoms with Crippen molar-refractivity contribution in [2.45, 2.75) is 64.7 Å². The molecule has 114 valence electrons. The minimum atomic E-state index is -4.03. The summed E-state index contributed by atoms with van der Waals surface area (Å²) in [7, 11) is 0. The smallest absolute Gasteiger partial charge is 0.307 e. The third-order valence-electron chi connectivity index (χ3n) is 4.01. The number of rotatable bonds is 3. The quantitative estimate of drug-likeness (QED) is 0.887. The second-order valence-corrected chi connectivity index (χ2v) is 6.90. The molecule has 20 heavy (non-hydrogen) atoms. The fraction of sp³-hybridized carbons (Fsp3) is 0.786. The molecule has 0 saturated heterocycles. The van der Waals surface area contributed by atoms with Gasteiger partial charge in [0, 0.05) is 17.0 Å². The van der Waals surface area contributed by atoms with E-state index in [0.717, 1.165) is 10.7 Å². The SMILES string of the molecule is Cc1nc(C)c(C(C)NC2CCC(C(F)(F)F)CC2)s1. The molecule has 1 unspecified atom stereocenters. The summed E-state index contributed by atoms with van der Waals surface area (Å²) in [6.07, 6.45) is -2.33. The Balaban J connectivity index is 1.88. The van der Waals surface area contributed by atoms with Gasteiger partial charge >= 0.3 is 6.18 Å². The molecule has 0 aromatic carbocycles. The number of aromatic nitrogens is 1. The van der Waals surface area contributed by atoms with E-state index in [1.165, 1.54) is 4.88 Å². The summed E-state index contributed by atoms with van der Waals surface area (Å²) in [5.41, 5.74) is 1.02. The number of thiazole rings is 1. The number of halogens is 3. The molecule has 2 rings (SSSR count). The lowest BCUT2D eigenvalue weighted by atomic mass is 9.85. The Labute approximate surface area is 121 Å². The molecule has 0 bridgehead atoms. The van der Waals surface area contributed by atoms with Crippen LogP contribution in [0.5, 0.6) is 0 Å². The Morgan fingerprint density at radius 1 is 1.20 bits per heavy atom. The first kappa shape index (κ1) is 15.8. The molecule has 1 aliphatic carbocycles. The largest absolute Gasteiger partial charge is 0.391 e. The fourth-order valence-electron chi connectivity index (χ4n) is 2.97. The predicted molar refractivity (Wildman–Crippen MR) is 74.9 cm³/mol. The van der Waals surface area contributed by atoms with Crippen LogP contribution in [0.4, 0.5) is 13.2 Å². The van der Waals surface area contributed by atoms with Gasteiger partial charge in [0.05, 0.1) is 16.6 Å². The van der Waals surface area contributed by atoms with Gasteiger partial charge in [-0.25, -0.2) is 4.98 Å². The monoisotopic (exact) mass is 306 g/mol. The van der Waals surface area contributed by atoms with Gasteiger partial charge < -0.3 is 5.32 Å². The summed E-state index contributed by atoms with van der Waals surface area (Å²) in [5, 5.41) is 4.50. The maximum atomic E-state index is 12.6. The van der Waals surface area contributed by atoms with Crippen molar-refractivity contribution in [1.82, 2.24) is 10.3 Å². The minimum absolute atomic E-state index is 0.161. The van der Waals surface area contributed by atoms with Crippen molar-refractivity contribution in [2.75, 3.05) is 0 Å². The van der Waals surface area contributed by atoms with Crippen LogP contribution in [-0.2, 0) is 0 Å². The number of hydrogen-bond acceptors (Lipinski definition) is 3. The van der Waals surface area contributed by atoms with Gasteiger partial charge in [-0.05, 0) is 46.5 Å². The van der Waals surface area contributed by atoms with Gasteiger partial charge in [-0.15, -0.1) is 11.3 Å². The molecule has 0 amide bonds. The average Bonchev–Trinajstić information content (AvgIpc) is 2.68. The van der Waals surface area contributed by atoms with Crippen molar-refractivity contribution < 1.29 is 13.2 Å². The van der Waals surface area contributed by atoms with Crippen LogP contribution in [-0.4, -0.2) is 17.2 Å². The Morgan fingerprint density at radius 3 is 2.25 bits per heavy atom. The van der Waals surface area contributed by atoms with E-state index in [1.807, 2.05) is 13.8 Å². The van der Waals surface area contributed by atoms with Gasteiger partial charge in [0.25, 0.3) is 0 Å². The lowest BCUT2D eigenvalue weighted by Gasteiger charge is -2.32. The number of alkyl halides is 3. The van der Waals surface area contributed by atoms with E-state index in [1.54, 1.807) is 11.3 Å². The Hall–Kier alpha value is -0.620. The lowest BCUT2D eigenvalue weighted by molar-refractivity contribution is -0.182. The lowest BCUT2D eigenvalue weighted by Crippen LogP contribution is -2.38. The molecule has 1 fully saturated rings. The van der Waals surface area contributed by atoms with E-state index in [-0.39, 0.29) is 24.9 Å². The fourth-order valence-corrected chi connectivity index (χ4v) is 3.90. The standard InChI is InChI=1S/C14H21F3N2S/c1-8-13(20-10(3)18-8)9(2)19-12-6-4-11(5-7-12)14(15,16)17/h9,11-12,19H,4-7H2,1-3H3. The highest BCUT2D eigenvalue weighted by Crippen LogP contribution is 2.38. The predicted octanol–water partition coefficient (Wildman–Crippen LogP) is 4.53. The normalized spacial score (nSPS) is 25.7. The molecule has 0 aliphatic heterocycles. The topological polar surface area (TPSA) is 24.9 Å². The number of aryl methyl sites for hydroxylation is 2. The van der Waals surface area contributed by atoms with Gasteiger partial charge in [0.1, 0.15) is 0 Å². The summed E-state index contributed by atoms with van der Waals surface area (Å²) < 4.78 is 37.9. The highest BCUT2D eigenvalue weighted by Gasteiger charge is 2.41. The van der Waals surface area contributed by atoms with Crippen molar-refractivity contribution >= 4 is 11.3 Å². The molecule has 1 N–H and O–H groups in total. The first-order chi connectivity index (χ1) is 9.27. The first-order valence-corrected chi connectivity index (χ1v) is 7.85. The van der Waals surface area contributed by atoms with E-state index < -0.39 is 12.1 Å². The van der Waals surface area contributed by atoms with Crippen LogP contribution >= 0.6 is 11.3 Å². The van der Waals surface area contributed by atoms with Gasteiger partial charge in [0.15, 0.2) is 0 Å². The van der Waals surface area contributed by atoms with Gasteiger partial charge in [0.2, 0.25) is 0 Å². The second-order valence-electron chi connectivity index (χ2n) is 5.66. The highest BCUT2D eigenvalue weighted by atomic mass is 32.1. The van der Waals surface area contributed by atoms with Crippen LogP contribution < -0.4 is 5.32 Å².